The zero-order valence-corrected chi connectivity index (χ0v) is 17.9. The van der Waals surface area contributed by atoms with Crippen molar-refractivity contribution < 1.29 is 19.0 Å². The zero-order chi connectivity index (χ0) is 21.3. The summed E-state index contributed by atoms with van der Waals surface area (Å²) in [6.45, 7) is 6.02. The summed E-state index contributed by atoms with van der Waals surface area (Å²) >= 11 is 0. The van der Waals surface area contributed by atoms with E-state index >= 15 is 0 Å². The zero-order valence-electron chi connectivity index (χ0n) is 17.9. The highest BCUT2D eigenvalue weighted by Gasteiger charge is 2.19. The number of rotatable bonds is 8. The lowest BCUT2D eigenvalue weighted by Gasteiger charge is -2.31. The SMILES string of the molecule is COc1ccc(/C=C/C(=O)NC(CN2CCOCC2)c2ccc(C)cc2)cc1OC. The van der Waals surface area contributed by atoms with Gasteiger partial charge in [-0.1, -0.05) is 35.9 Å². The molecule has 1 aliphatic heterocycles. The first-order chi connectivity index (χ1) is 14.6. The van der Waals surface area contributed by atoms with Crippen molar-refractivity contribution >= 4 is 12.0 Å². The van der Waals surface area contributed by atoms with E-state index in [-0.39, 0.29) is 11.9 Å². The Hall–Kier alpha value is -2.83. The van der Waals surface area contributed by atoms with Crippen LogP contribution in [0.2, 0.25) is 0 Å². The highest BCUT2D eigenvalue weighted by molar-refractivity contribution is 5.92. The molecule has 3 rings (SSSR count). The molecule has 1 saturated heterocycles. The van der Waals surface area contributed by atoms with Crippen molar-refractivity contribution in [3.05, 3.63) is 65.2 Å². The average molecular weight is 411 g/mol. The van der Waals surface area contributed by atoms with Crippen molar-refractivity contribution in [2.24, 2.45) is 0 Å². The van der Waals surface area contributed by atoms with Gasteiger partial charge in [-0.3, -0.25) is 9.69 Å². The number of morpholine rings is 1. The number of hydrogen-bond donors (Lipinski definition) is 1. The number of methoxy groups -OCH3 is 2. The molecule has 1 atom stereocenters. The predicted molar refractivity (Wildman–Crippen MR) is 118 cm³/mol. The highest BCUT2D eigenvalue weighted by Crippen LogP contribution is 2.28. The summed E-state index contributed by atoms with van der Waals surface area (Å²) in [4.78, 5) is 15.0. The van der Waals surface area contributed by atoms with E-state index in [9.17, 15) is 4.79 Å². The Balaban J connectivity index is 1.70. The molecule has 1 unspecified atom stereocenters. The number of carbonyl (C=O) groups is 1. The van der Waals surface area contributed by atoms with E-state index < -0.39 is 0 Å². The second kappa shape index (κ2) is 10.8. The maximum atomic E-state index is 12.7. The summed E-state index contributed by atoms with van der Waals surface area (Å²) in [5.74, 6) is 1.15. The van der Waals surface area contributed by atoms with Gasteiger partial charge in [0.15, 0.2) is 11.5 Å². The second-order valence-electron chi connectivity index (χ2n) is 7.33. The molecule has 30 heavy (non-hydrogen) atoms. The number of ether oxygens (including phenoxy) is 3. The fraction of sp³-hybridized carbons (Fsp3) is 0.375. The maximum Gasteiger partial charge on any atom is 0.244 e. The van der Waals surface area contributed by atoms with E-state index in [0.29, 0.717) is 11.5 Å². The van der Waals surface area contributed by atoms with Crippen LogP contribution >= 0.6 is 0 Å². The number of nitrogens with one attached hydrogen (secondary N) is 1. The molecule has 1 aliphatic rings. The van der Waals surface area contributed by atoms with Crippen LogP contribution in [0.25, 0.3) is 6.08 Å². The van der Waals surface area contributed by atoms with E-state index in [1.165, 1.54) is 5.56 Å². The van der Waals surface area contributed by atoms with Crippen molar-refractivity contribution in [2.45, 2.75) is 13.0 Å². The molecule has 0 aliphatic carbocycles. The van der Waals surface area contributed by atoms with E-state index in [1.54, 1.807) is 26.4 Å². The second-order valence-corrected chi connectivity index (χ2v) is 7.33. The van der Waals surface area contributed by atoms with Crippen LogP contribution in [0.5, 0.6) is 11.5 Å². The van der Waals surface area contributed by atoms with Crippen molar-refractivity contribution in [1.82, 2.24) is 10.2 Å². The Morgan fingerprint density at radius 3 is 2.47 bits per heavy atom. The van der Waals surface area contributed by atoms with Crippen LogP contribution in [-0.4, -0.2) is 57.9 Å². The molecule has 1 N–H and O–H groups in total. The molecule has 2 aromatic carbocycles. The maximum absolute atomic E-state index is 12.7. The molecule has 2 aromatic rings. The molecule has 0 radical (unpaired) electrons. The van der Waals surface area contributed by atoms with Gasteiger partial charge in [0.1, 0.15) is 0 Å². The number of benzene rings is 2. The summed E-state index contributed by atoms with van der Waals surface area (Å²) in [5, 5.41) is 3.16. The number of aryl methyl sites for hydroxylation is 1. The van der Waals surface area contributed by atoms with E-state index in [2.05, 4.69) is 41.4 Å². The largest absolute Gasteiger partial charge is 0.493 e. The summed E-state index contributed by atoms with van der Waals surface area (Å²) < 4.78 is 16.0. The monoisotopic (exact) mass is 410 g/mol. The minimum Gasteiger partial charge on any atom is -0.493 e. The number of nitrogens with zero attached hydrogens (tertiary/aromatic N) is 1. The molecule has 6 nitrogen and oxygen atoms in total. The first-order valence-electron chi connectivity index (χ1n) is 10.2. The Labute approximate surface area is 178 Å². The van der Waals surface area contributed by atoms with Crippen molar-refractivity contribution in [3.63, 3.8) is 0 Å². The van der Waals surface area contributed by atoms with Gasteiger partial charge < -0.3 is 19.5 Å². The van der Waals surface area contributed by atoms with Crippen LogP contribution < -0.4 is 14.8 Å². The highest BCUT2D eigenvalue weighted by atomic mass is 16.5. The minimum atomic E-state index is -0.136. The van der Waals surface area contributed by atoms with Crippen molar-refractivity contribution in [2.75, 3.05) is 47.1 Å². The number of hydrogen-bond acceptors (Lipinski definition) is 5. The lowest BCUT2D eigenvalue weighted by atomic mass is 10.0. The molecule has 160 valence electrons. The topological polar surface area (TPSA) is 60.0 Å². The Bertz CT molecular complexity index is 858. The molecule has 1 amide bonds. The quantitative estimate of drug-likeness (QED) is 0.677. The Kier molecular flexibility index (Phi) is 7.88. The predicted octanol–water partition coefficient (Wildman–Crippen LogP) is 3.22. The summed E-state index contributed by atoms with van der Waals surface area (Å²) in [5.41, 5.74) is 3.16. The summed E-state index contributed by atoms with van der Waals surface area (Å²) in [6, 6.07) is 13.8. The summed E-state index contributed by atoms with van der Waals surface area (Å²) in [6.07, 6.45) is 3.33. The first kappa shape index (κ1) is 21.9. The molecule has 1 fully saturated rings. The van der Waals surface area contributed by atoms with Gasteiger partial charge in [0.2, 0.25) is 5.91 Å². The van der Waals surface area contributed by atoms with Gasteiger partial charge in [-0.15, -0.1) is 0 Å². The molecule has 0 spiro atoms. The van der Waals surface area contributed by atoms with E-state index in [4.69, 9.17) is 14.2 Å². The van der Waals surface area contributed by atoms with Crippen LogP contribution in [-0.2, 0) is 9.53 Å². The smallest absolute Gasteiger partial charge is 0.244 e. The fourth-order valence-electron chi connectivity index (χ4n) is 3.42. The van der Waals surface area contributed by atoms with Gasteiger partial charge in [0, 0.05) is 25.7 Å². The van der Waals surface area contributed by atoms with Crippen LogP contribution in [0.4, 0.5) is 0 Å². The summed E-state index contributed by atoms with van der Waals surface area (Å²) in [7, 11) is 3.19. The van der Waals surface area contributed by atoms with Gasteiger partial charge in [-0.25, -0.2) is 0 Å². The molecule has 0 aromatic heterocycles. The van der Waals surface area contributed by atoms with Crippen molar-refractivity contribution in [1.29, 1.82) is 0 Å². The van der Waals surface area contributed by atoms with Crippen LogP contribution in [0.3, 0.4) is 0 Å². The molecule has 6 heteroatoms. The van der Waals surface area contributed by atoms with Gasteiger partial charge in [0.25, 0.3) is 0 Å². The number of amides is 1. The van der Waals surface area contributed by atoms with Gasteiger partial charge in [-0.2, -0.15) is 0 Å². The molecular weight excluding hydrogens is 380 g/mol. The minimum absolute atomic E-state index is 0.0914. The van der Waals surface area contributed by atoms with Gasteiger partial charge in [-0.05, 0) is 36.3 Å². The number of carbonyl (C=O) groups excluding carboxylic acids is 1. The molecular formula is C24H30N2O4. The Morgan fingerprint density at radius 1 is 1.10 bits per heavy atom. The third kappa shape index (κ3) is 6.08. The molecule has 0 saturated carbocycles. The van der Waals surface area contributed by atoms with Crippen LogP contribution in [0.15, 0.2) is 48.5 Å². The van der Waals surface area contributed by atoms with Gasteiger partial charge >= 0.3 is 0 Å². The first-order valence-corrected chi connectivity index (χ1v) is 10.2. The Morgan fingerprint density at radius 2 is 1.80 bits per heavy atom. The third-order valence-corrected chi connectivity index (χ3v) is 5.18. The van der Waals surface area contributed by atoms with Crippen LogP contribution in [0.1, 0.15) is 22.7 Å². The van der Waals surface area contributed by atoms with E-state index in [1.807, 2.05) is 18.2 Å². The third-order valence-electron chi connectivity index (χ3n) is 5.18. The molecule has 0 bridgehead atoms. The molecule has 1 heterocycles. The fourth-order valence-corrected chi connectivity index (χ4v) is 3.42. The normalized spacial score (nSPS) is 15.7. The average Bonchev–Trinajstić information content (AvgIpc) is 2.78. The van der Waals surface area contributed by atoms with Gasteiger partial charge in [0.05, 0.1) is 33.5 Å². The van der Waals surface area contributed by atoms with Crippen molar-refractivity contribution in [3.8, 4) is 11.5 Å². The lowest BCUT2D eigenvalue weighted by molar-refractivity contribution is -0.117. The van der Waals surface area contributed by atoms with Crippen LogP contribution in [0, 0.1) is 6.92 Å². The standard InChI is InChI=1S/C24H30N2O4/c1-18-4-8-20(9-5-18)21(17-26-12-14-30-15-13-26)25-24(27)11-7-19-6-10-22(28-2)23(16-19)29-3/h4-11,16,21H,12-15,17H2,1-3H3,(H,25,27)/b11-7+. The lowest BCUT2D eigenvalue weighted by Crippen LogP contribution is -2.42. The van der Waals surface area contributed by atoms with E-state index in [0.717, 1.165) is 44.0 Å².